The molecule has 0 aliphatic carbocycles. The largest absolute Gasteiger partial charge is 0.278 e. The van der Waals surface area contributed by atoms with Crippen LogP contribution in [0.3, 0.4) is 0 Å². The summed E-state index contributed by atoms with van der Waals surface area (Å²) in [6.45, 7) is 0.508. The number of halogens is 1. The zero-order chi connectivity index (χ0) is 13.5. The van der Waals surface area contributed by atoms with E-state index < -0.39 is 0 Å². The van der Waals surface area contributed by atoms with Crippen LogP contribution in [0.1, 0.15) is 5.69 Å². The van der Waals surface area contributed by atoms with Crippen molar-refractivity contribution in [1.29, 1.82) is 0 Å². The molecule has 3 heterocycles. The van der Waals surface area contributed by atoms with Gasteiger partial charge in [-0.2, -0.15) is 20.1 Å². The SMILES string of the molecule is Clc1ccc2nn(Cc3[nH]nc4ncccc34)nc2c1. The minimum atomic E-state index is 0.508. The van der Waals surface area contributed by atoms with Crippen molar-refractivity contribution in [2.75, 3.05) is 0 Å². The van der Waals surface area contributed by atoms with Gasteiger partial charge in [0.25, 0.3) is 0 Å². The summed E-state index contributed by atoms with van der Waals surface area (Å²) in [5.74, 6) is 0. The van der Waals surface area contributed by atoms with Crippen molar-refractivity contribution in [3.8, 4) is 0 Å². The van der Waals surface area contributed by atoms with Crippen molar-refractivity contribution < 1.29 is 0 Å². The van der Waals surface area contributed by atoms with Crippen LogP contribution in [0.4, 0.5) is 0 Å². The molecule has 0 radical (unpaired) electrons. The van der Waals surface area contributed by atoms with Crippen molar-refractivity contribution >= 4 is 33.7 Å². The number of H-pyrrole nitrogens is 1. The van der Waals surface area contributed by atoms with E-state index in [0.29, 0.717) is 17.2 Å². The maximum absolute atomic E-state index is 5.95. The van der Waals surface area contributed by atoms with E-state index in [0.717, 1.165) is 22.1 Å². The molecule has 7 heteroatoms. The van der Waals surface area contributed by atoms with E-state index in [1.807, 2.05) is 18.2 Å². The van der Waals surface area contributed by atoms with Crippen LogP contribution < -0.4 is 0 Å². The van der Waals surface area contributed by atoms with Gasteiger partial charge in [0.05, 0.1) is 5.69 Å². The fraction of sp³-hybridized carbons (Fsp3) is 0.0769. The molecule has 0 amide bonds. The highest BCUT2D eigenvalue weighted by molar-refractivity contribution is 6.31. The van der Waals surface area contributed by atoms with Gasteiger partial charge in [-0.3, -0.25) is 5.10 Å². The average Bonchev–Trinajstić information content (AvgIpc) is 3.03. The van der Waals surface area contributed by atoms with Crippen LogP contribution in [0, 0.1) is 0 Å². The summed E-state index contributed by atoms with van der Waals surface area (Å²) < 4.78 is 0. The minimum Gasteiger partial charge on any atom is -0.278 e. The molecular weight excluding hydrogens is 276 g/mol. The summed E-state index contributed by atoms with van der Waals surface area (Å²) in [4.78, 5) is 5.81. The van der Waals surface area contributed by atoms with Crippen LogP contribution in [0.25, 0.3) is 22.1 Å². The number of benzene rings is 1. The molecule has 0 unspecified atom stereocenters. The minimum absolute atomic E-state index is 0.508. The third-order valence-electron chi connectivity index (χ3n) is 3.09. The van der Waals surface area contributed by atoms with Gasteiger partial charge >= 0.3 is 0 Å². The van der Waals surface area contributed by atoms with Gasteiger partial charge in [-0.1, -0.05) is 11.6 Å². The fourth-order valence-corrected chi connectivity index (χ4v) is 2.33. The normalized spacial score (nSPS) is 11.4. The number of rotatable bonds is 2. The van der Waals surface area contributed by atoms with Gasteiger partial charge in [0.2, 0.25) is 0 Å². The van der Waals surface area contributed by atoms with Gasteiger partial charge in [-0.15, -0.1) is 0 Å². The molecule has 0 bridgehead atoms. The third kappa shape index (κ3) is 1.81. The van der Waals surface area contributed by atoms with E-state index in [1.165, 1.54) is 0 Å². The number of hydrogen-bond donors (Lipinski definition) is 1. The summed E-state index contributed by atoms with van der Waals surface area (Å²) in [7, 11) is 0. The molecule has 98 valence electrons. The van der Waals surface area contributed by atoms with Gasteiger partial charge in [-0.25, -0.2) is 4.98 Å². The van der Waals surface area contributed by atoms with E-state index >= 15 is 0 Å². The molecule has 1 aromatic carbocycles. The second-order valence-corrected chi connectivity index (χ2v) is 4.88. The zero-order valence-corrected chi connectivity index (χ0v) is 11.0. The topological polar surface area (TPSA) is 72.3 Å². The monoisotopic (exact) mass is 284 g/mol. The zero-order valence-electron chi connectivity index (χ0n) is 10.3. The van der Waals surface area contributed by atoms with Gasteiger partial charge in [-0.05, 0) is 30.3 Å². The summed E-state index contributed by atoms with van der Waals surface area (Å²) >= 11 is 5.95. The summed E-state index contributed by atoms with van der Waals surface area (Å²) in [5, 5.41) is 17.6. The Kier molecular flexibility index (Phi) is 2.43. The molecule has 0 aliphatic rings. The lowest BCUT2D eigenvalue weighted by Gasteiger charge is -1.96. The molecule has 4 rings (SSSR count). The van der Waals surface area contributed by atoms with Crippen LogP contribution in [0.2, 0.25) is 5.02 Å². The van der Waals surface area contributed by atoms with Crippen molar-refractivity contribution in [3.63, 3.8) is 0 Å². The second-order valence-electron chi connectivity index (χ2n) is 4.44. The number of aromatic amines is 1. The number of fused-ring (bicyclic) bond motifs is 2. The maximum atomic E-state index is 5.95. The van der Waals surface area contributed by atoms with Gasteiger partial charge in [0, 0.05) is 16.6 Å². The van der Waals surface area contributed by atoms with Crippen molar-refractivity contribution in [3.05, 3.63) is 47.2 Å². The van der Waals surface area contributed by atoms with Crippen LogP contribution in [0.15, 0.2) is 36.5 Å². The lowest BCUT2D eigenvalue weighted by molar-refractivity contribution is 0.592. The van der Waals surface area contributed by atoms with E-state index in [2.05, 4.69) is 25.4 Å². The van der Waals surface area contributed by atoms with E-state index in [9.17, 15) is 0 Å². The van der Waals surface area contributed by atoms with E-state index in [1.54, 1.807) is 23.1 Å². The molecule has 0 spiro atoms. The number of pyridine rings is 1. The summed E-state index contributed by atoms with van der Waals surface area (Å²) in [5.41, 5.74) is 3.22. The first kappa shape index (κ1) is 11.4. The predicted molar refractivity (Wildman–Crippen MR) is 75.5 cm³/mol. The second kappa shape index (κ2) is 4.28. The first-order chi connectivity index (χ1) is 9.79. The average molecular weight is 285 g/mol. The van der Waals surface area contributed by atoms with Crippen LogP contribution in [0.5, 0.6) is 0 Å². The lowest BCUT2D eigenvalue weighted by atomic mass is 10.3. The fourth-order valence-electron chi connectivity index (χ4n) is 2.17. The molecule has 0 atom stereocenters. The Morgan fingerprint density at radius 3 is 3.00 bits per heavy atom. The summed E-state index contributed by atoms with van der Waals surface area (Å²) in [6, 6.07) is 9.31. The Morgan fingerprint density at radius 2 is 2.05 bits per heavy atom. The molecule has 0 saturated carbocycles. The molecule has 3 aromatic heterocycles. The number of nitrogens with zero attached hydrogens (tertiary/aromatic N) is 5. The Hall–Kier alpha value is -2.47. The highest BCUT2D eigenvalue weighted by atomic mass is 35.5. The van der Waals surface area contributed by atoms with Crippen molar-refractivity contribution in [1.82, 2.24) is 30.2 Å². The van der Waals surface area contributed by atoms with Crippen LogP contribution in [-0.2, 0) is 6.54 Å². The highest BCUT2D eigenvalue weighted by Crippen LogP contribution is 2.17. The summed E-state index contributed by atoms with van der Waals surface area (Å²) in [6.07, 6.45) is 1.72. The first-order valence-corrected chi connectivity index (χ1v) is 6.46. The Labute approximate surface area is 118 Å². The highest BCUT2D eigenvalue weighted by Gasteiger charge is 2.09. The molecule has 20 heavy (non-hydrogen) atoms. The smallest absolute Gasteiger partial charge is 0.181 e. The van der Waals surface area contributed by atoms with Crippen LogP contribution >= 0.6 is 11.6 Å². The molecule has 1 N–H and O–H groups in total. The first-order valence-electron chi connectivity index (χ1n) is 6.08. The van der Waals surface area contributed by atoms with Gasteiger partial charge in [0.15, 0.2) is 5.65 Å². The quantitative estimate of drug-likeness (QED) is 0.613. The van der Waals surface area contributed by atoms with Gasteiger partial charge < -0.3 is 0 Å². The number of nitrogens with one attached hydrogen (secondary N) is 1. The van der Waals surface area contributed by atoms with Gasteiger partial charge in [0.1, 0.15) is 17.6 Å². The standard InChI is InChI=1S/C13H9ClN6/c14-8-3-4-10-11(6-8)19-20(18-10)7-12-9-2-1-5-15-13(9)17-16-12/h1-6H,7H2,(H,15,16,17). The van der Waals surface area contributed by atoms with Crippen LogP contribution in [-0.4, -0.2) is 30.2 Å². The lowest BCUT2D eigenvalue weighted by Crippen LogP contribution is -2.04. The predicted octanol–water partition coefficient (Wildman–Crippen LogP) is 2.40. The molecule has 0 fully saturated rings. The maximum Gasteiger partial charge on any atom is 0.181 e. The van der Waals surface area contributed by atoms with E-state index in [-0.39, 0.29) is 0 Å². The van der Waals surface area contributed by atoms with Crippen molar-refractivity contribution in [2.45, 2.75) is 6.54 Å². The molecule has 0 aliphatic heterocycles. The Morgan fingerprint density at radius 1 is 1.15 bits per heavy atom. The van der Waals surface area contributed by atoms with Crippen molar-refractivity contribution in [2.24, 2.45) is 0 Å². The molecule has 0 saturated heterocycles. The third-order valence-corrected chi connectivity index (χ3v) is 3.33. The number of hydrogen-bond acceptors (Lipinski definition) is 4. The Balaban J connectivity index is 1.76. The molecule has 4 aromatic rings. The Bertz CT molecular complexity index is 909. The number of aromatic nitrogens is 6. The van der Waals surface area contributed by atoms with E-state index in [4.69, 9.17) is 11.6 Å². The molecular formula is C13H9ClN6. The molecule has 6 nitrogen and oxygen atoms in total.